The predicted octanol–water partition coefficient (Wildman–Crippen LogP) is 12.4. The van der Waals surface area contributed by atoms with Crippen LogP contribution in [0.15, 0.2) is 109 Å². The van der Waals surface area contributed by atoms with Crippen molar-refractivity contribution in [1.82, 2.24) is 5.32 Å². The molecule has 83 heavy (non-hydrogen) atoms. The third kappa shape index (κ3) is 37.7. The lowest BCUT2D eigenvalue weighted by Crippen LogP contribution is -2.65. The van der Waals surface area contributed by atoms with Crippen molar-refractivity contribution >= 4 is 5.91 Å². The van der Waals surface area contributed by atoms with Gasteiger partial charge in [0.25, 0.3) is 0 Å². The van der Waals surface area contributed by atoms with Crippen LogP contribution in [0.2, 0.25) is 0 Å². The van der Waals surface area contributed by atoms with Crippen LogP contribution in [0.3, 0.4) is 0 Å². The summed E-state index contributed by atoms with van der Waals surface area (Å²) >= 11 is 0. The van der Waals surface area contributed by atoms with Gasteiger partial charge in [-0.3, -0.25) is 4.79 Å². The Morgan fingerprint density at radius 3 is 1.28 bits per heavy atom. The van der Waals surface area contributed by atoms with E-state index in [1.165, 1.54) is 83.5 Å². The molecule has 0 spiro atoms. The van der Waals surface area contributed by atoms with Gasteiger partial charge in [0.05, 0.1) is 32.0 Å². The van der Waals surface area contributed by atoms with Gasteiger partial charge in [-0.05, 0) is 83.5 Å². The number of hydrogen-bond donors (Lipinski definition) is 9. The lowest BCUT2D eigenvalue weighted by atomic mass is 9.97. The van der Waals surface area contributed by atoms with E-state index < -0.39 is 86.8 Å². The number of carbonyl (C=O) groups is 1. The van der Waals surface area contributed by atoms with Gasteiger partial charge in [0.2, 0.25) is 5.91 Å². The molecule has 14 nitrogen and oxygen atoms in total. The molecular weight excluding hydrogens is 1050 g/mol. The fourth-order valence-corrected chi connectivity index (χ4v) is 10.1. The van der Waals surface area contributed by atoms with Crippen LogP contribution in [0.5, 0.6) is 0 Å². The number of amides is 1. The van der Waals surface area contributed by atoms with Crippen LogP contribution in [-0.2, 0) is 23.7 Å². The Kier molecular flexibility index (Phi) is 48.3. The summed E-state index contributed by atoms with van der Waals surface area (Å²) in [6.07, 6.45) is 58.3. The van der Waals surface area contributed by atoms with Gasteiger partial charge in [0, 0.05) is 6.42 Å². The Morgan fingerprint density at radius 1 is 0.446 bits per heavy atom. The summed E-state index contributed by atoms with van der Waals surface area (Å²) in [5.41, 5.74) is 0. The van der Waals surface area contributed by atoms with E-state index in [1.54, 1.807) is 0 Å². The maximum atomic E-state index is 13.3. The maximum Gasteiger partial charge on any atom is 0.220 e. The van der Waals surface area contributed by atoms with Gasteiger partial charge in [-0.25, -0.2) is 0 Å². The molecule has 0 aromatic rings. The molecule has 9 N–H and O–H groups in total. The van der Waals surface area contributed by atoms with Crippen molar-refractivity contribution in [1.29, 1.82) is 0 Å². The van der Waals surface area contributed by atoms with E-state index >= 15 is 0 Å². The van der Waals surface area contributed by atoms with Crippen molar-refractivity contribution in [2.75, 3.05) is 19.8 Å². The van der Waals surface area contributed by atoms with E-state index in [0.717, 1.165) is 109 Å². The van der Waals surface area contributed by atoms with Crippen molar-refractivity contribution in [2.45, 2.75) is 299 Å². The van der Waals surface area contributed by atoms with Gasteiger partial charge >= 0.3 is 0 Å². The molecule has 1 amide bonds. The smallest absolute Gasteiger partial charge is 0.220 e. The molecule has 12 unspecified atom stereocenters. The van der Waals surface area contributed by atoms with Crippen molar-refractivity contribution in [3.8, 4) is 0 Å². The minimum absolute atomic E-state index is 0.216. The molecular formula is C69H117NO13. The molecule has 2 rings (SSSR count). The van der Waals surface area contributed by atoms with E-state index in [0.29, 0.717) is 19.3 Å². The highest BCUT2D eigenvalue weighted by Crippen LogP contribution is 2.30. The van der Waals surface area contributed by atoms with E-state index in [1.807, 2.05) is 0 Å². The minimum atomic E-state index is -1.79. The molecule has 0 aliphatic carbocycles. The number of nitrogens with one attached hydrogen (secondary N) is 1. The molecule has 2 heterocycles. The lowest BCUT2D eigenvalue weighted by molar-refractivity contribution is -0.359. The Hall–Kier alpha value is -3.35. The highest BCUT2D eigenvalue weighted by atomic mass is 16.7. The molecule has 12 atom stereocenters. The van der Waals surface area contributed by atoms with Gasteiger partial charge in [-0.2, -0.15) is 0 Å². The summed E-state index contributed by atoms with van der Waals surface area (Å²) in [6.45, 7) is 2.71. The molecule has 2 aliphatic rings. The van der Waals surface area contributed by atoms with Crippen LogP contribution in [0.4, 0.5) is 0 Å². The van der Waals surface area contributed by atoms with Crippen LogP contribution in [0.1, 0.15) is 226 Å². The van der Waals surface area contributed by atoms with Crippen molar-refractivity contribution in [3.05, 3.63) is 109 Å². The summed E-state index contributed by atoms with van der Waals surface area (Å²) < 4.78 is 22.8. The number of rotatable bonds is 51. The van der Waals surface area contributed by atoms with E-state index in [9.17, 15) is 45.6 Å². The second-order valence-corrected chi connectivity index (χ2v) is 22.5. The van der Waals surface area contributed by atoms with E-state index in [-0.39, 0.29) is 12.5 Å². The number of allylic oxidation sites excluding steroid dienone is 18. The van der Waals surface area contributed by atoms with Gasteiger partial charge in [-0.1, -0.05) is 245 Å². The maximum absolute atomic E-state index is 13.3. The van der Waals surface area contributed by atoms with Crippen LogP contribution in [0, 0.1) is 0 Å². The summed E-state index contributed by atoms with van der Waals surface area (Å²) in [6, 6.07) is -0.835. The highest BCUT2D eigenvalue weighted by molar-refractivity contribution is 5.76. The van der Waals surface area contributed by atoms with Crippen molar-refractivity contribution < 1.29 is 64.6 Å². The highest BCUT2D eigenvalue weighted by Gasteiger charge is 2.51. The van der Waals surface area contributed by atoms with Crippen molar-refractivity contribution in [3.63, 3.8) is 0 Å². The molecule has 2 fully saturated rings. The fourth-order valence-electron chi connectivity index (χ4n) is 10.1. The monoisotopic (exact) mass is 1170 g/mol. The zero-order valence-electron chi connectivity index (χ0n) is 51.4. The van der Waals surface area contributed by atoms with Gasteiger partial charge in [-0.15, -0.1) is 0 Å². The predicted molar refractivity (Wildman–Crippen MR) is 336 cm³/mol. The number of hydrogen-bond acceptors (Lipinski definition) is 13. The molecule has 14 heteroatoms. The first-order valence-electron chi connectivity index (χ1n) is 32.6. The van der Waals surface area contributed by atoms with E-state index in [4.69, 9.17) is 18.9 Å². The first-order valence-corrected chi connectivity index (χ1v) is 32.6. The fraction of sp³-hybridized carbons (Fsp3) is 0.725. The standard InChI is InChI=1S/C69H117NO13/c1-3-5-7-9-11-13-15-16-17-18-19-20-21-22-23-24-25-26-27-28-29-30-31-32-33-34-35-36-37-38-39-40-41-42-43-45-47-49-51-53-61(74)70-57(58(73)52-50-48-46-44-14-12-10-8-6-4-2)56-80-68-66(79)64(77)67(60(55-72)82-68)83-69-65(78)63(76)62(75)59(54-71)81-69/h5,7,11,13,16-17,19-20,22-23,25-26,28-29,31-32,34-35,57-60,62-69,71-73,75-79H,3-4,6,8-10,12,14-15,18,21,24,27,30,33,36-56H2,1-2H3,(H,70,74)/b7-5-,13-11-,17-16-,20-19-,23-22-,26-25-,29-28-,32-31-,35-34-. The number of aliphatic hydroxyl groups excluding tert-OH is 8. The summed E-state index contributed by atoms with van der Waals surface area (Å²) in [4.78, 5) is 13.3. The SMILES string of the molecule is CC/C=C\C/C=C\C/C=C\C/C=C\C/C=C\C/C=C\C/C=C\C/C=C\C/C=C\CCCCCCCCCCCCCC(=O)NC(COC1OC(CO)C(OC2OC(CO)C(O)C(O)C2O)C(O)C1O)C(O)CCCCCCCCCCCC. The lowest BCUT2D eigenvalue weighted by Gasteiger charge is -2.46. The van der Waals surface area contributed by atoms with Crippen molar-refractivity contribution in [2.24, 2.45) is 0 Å². The largest absolute Gasteiger partial charge is 0.394 e. The quantitative estimate of drug-likeness (QED) is 0.0204. The normalized spacial score (nSPS) is 24.6. The van der Waals surface area contributed by atoms with Crippen LogP contribution >= 0.6 is 0 Å². The Morgan fingerprint density at radius 2 is 0.831 bits per heavy atom. The van der Waals surface area contributed by atoms with Crippen LogP contribution in [0.25, 0.3) is 0 Å². The molecule has 2 saturated heterocycles. The number of unbranched alkanes of at least 4 members (excludes halogenated alkanes) is 20. The number of ether oxygens (including phenoxy) is 4. The minimum Gasteiger partial charge on any atom is -0.394 e. The first kappa shape index (κ1) is 75.7. The Bertz CT molecular complexity index is 1810. The number of carbonyl (C=O) groups excluding carboxylic acids is 1. The average Bonchev–Trinajstić information content (AvgIpc) is 3.47. The second kappa shape index (κ2) is 52.9. The molecule has 2 aliphatic heterocycles. The topological polar surface area (TPSA) is 228 Å². The zero-order valence-corrected chi connectivity index (χ0v) is 51.4. The van der Waals surface area contributed by atoms with Crippen LogP contribution in [-0.4, -0.2) is 140 Å². The van der Waals surface area contributed by atoms with Crippen LogP contribution < -0.4 is 5.32 Å². The molecule has 476 valence electrons. The van der Waals surface area contributed by atoms with Gasteiger partial charge < -0.3 is 65.1 Å². The number of aliphatic hydroxyl groups is 8. The van der Waals surface area contributed by atoms with Gasteiger partial charge in [0.1, 0.15) is 48.8 Å². The average molecular weight is 1170 g/mol. The molecule has 0 saturated carbocycles. The Labute approximate surface area is 502 Å². The second-order valence-electron chi connectivity index (χ2n) is 22.5. The summed E-state index contributed by atoms with van der Waals surface area (Å²) in [5.74, 6) is -0.216. The zero-order chi connectivity index (χ0) is 60.2. The van der Waals surface area contributed by atoms with E-state index in [2.05, 4.69) is 129 Å². The Balaban J connectivity index is 1.58. The molecule has 0 aromatic carbocycles. The third-order valence-electron chi connectivity index (χ3n) is 15.3. The summed E-state index contributed by atoms with van der Waals surface area (Å²) in [7, 11) is 0. The summed E-state index contributed by atoms with van der Waals surface area (Å²) in [5, 5.41) is 87.1. The molecule has 0 bridgehead atoms. The molecule has 0 aromatic heterocycles. The molecule has 0 radical (unpaired) electrons. The first-order chi connectivity index (χ1) is 40.6. The third-order valence-corrected chi connectivity index (χ3v) is 15.3. The van der Waals surface area contributed by atoms with Gasteiger partial charge in [0.15, 0.2) is 12.6 Å².